The highest BCUT2D eigenvalue weighted by atomic mass is 32.1. The van der Waals surface area contributed by atoms with E-state index in [1.807, 2.05) is 17.5 Å². The smallest absolute Gasteiger partial charge is 0.138 e. The first-order valence-electron chi connectivity index (χ1n) is 7.37. The van der Waals surface area contributed by atoms with Gasteiger partial charge in [-0.05, 0) is 17.9 Å². The second kappa shape index (κ2) is 10.3. The van der Waals surface area contributed by atoms with Crippen molar-refractivity contribution in [1.82, 2.24) is 0 Å². The third-order valence-corrected chi connectivity index (χ3v) is 4.14. The average molecular weight is 266 g/mol. The van der Waals surface area contributed by atoms with Crippen LogP contribution < -0.4 is 0 Å². The Labute approximate surface area is 116 Å². The molecular formula is C16H26OS. The van der Waals surface area contributed by atoms with Gasteiger partial charge in [-0.1, -0.05) is 57.9 Å². The van der Waals surface area contributed by atoms with Crippen LogP contribution in [0, 0.1) is 0 Å². The van der Waals surface area contributed by atoms with Crippen LogP contribution in [-0.4, -0.2) is 5.78 Å². The molecule has 0 aromatic carbocycles. The van der Waals surface area contributed by atoms with Gasteiger partial charge in [-0.2, -0.15) is 0 Å². The molecule has 2 heteroatoms. The molecule has 1 aliphatic rings. The second-order valence-corrected chi connectivity index (χ2v) is 6.05. The van der Waals surface area contributed by atoms with Crippen molar-refractivity contribution in [3.8, 4) is 0 Å². The minimum absolute atomic E-state index is 0.374. The van der Waals surface area contributed by atoms with Gasteiger partial charge in [-0.25, -0.2) is 0 Å². The molecule has 1 saturated carbocycles. The number of thiophene rings is 1. The summed E-state index contributed by atoms with van der Waals surface area (Å²) < 4.78 is 0. The fourth-order valence-corrected chi connectivity index (χ4v) is 2.86. The number of hydrogen-bond acceptors (Lipinski definition) is 2. The SMILES string of the molecule is C1CCCCC1.CCCCC(=O)Cc1cccs1. The molecule has 0 aliphatic heterocycles. The van der Waals surface area contributed by atoms with Crippen LogP contribution in [0.15, 0.2) is 17.5 Å². The summed E-state index contributed by atoms with van der Waals surface area (Å²) in [6, 6.07) is 4.02. The van der Waals surface area contributed by atoms with Gasteiger partial charge in [-0.15, -0.1) is 11.3 Å². The van der Waals surface area contributed by atoms with Crippen LogP contribution in [0.3, 0.4) is 0 Å². The number of Topliss-reactive ketones (excluding diaryl/α,β-unsaturated/α-hetero) is 1. The molecule has 0 spiro atoms. The van der Waals surface area contributed by atoms with Crippen molar-refractivity contribution in [1.29, 1.82) is 0 Å². The standard InChI is InChI=1S/C10H14OS.C6H12/c1-2-3-5-9(11)8-10-6-4-7-12-10;1-2-4-6-5-3-1/h4,6-7H,2-3,5,8H2,1H3;1-6H2. The van der Waals surface area contributed by atoms with Gasteiger partial charge in [-0.3, -0.25) is 4.79 Å². The van der Waals surface area contributed by atoms with Crippen LogP contribution in [0.4, 0.5) is 0 Å². The molecule has 0 amide bonds. The van der Waals surface area contributed by atoms with Gasteiger partial charge < -0.3 is 0 Å². The van der Waals surface area contributed by atoms with Crippen molar-refractivity contribution >= 4 is 17.1 Å². The van der Waals surface area contributed by atoms with Gasteiger partial charge in [0.2, 0.25) is 0 Å². The first-order chi connectivity index (χ1) is 8.83. The lowest BCUT2D eigenvalue weighted by molar-refractivity contribution is -0.118. The summed E-state index contributed by atoms with van der Waals surface area (Å²) in [5.41, 5.74) is 0. The van der Waals surface area contributed by atoms with Crippen molar-refractivity contribution in [3.05, 3.63) is 22.4 Å². The number of ketones is 1. The van der Waals surface area contributed by atoms with Crippen molar-refractivity contribution < 1.29 is 4.79 Å². The van der Waals surface area contributed by atoms with E-state index in [0.717, 1.165) is 19.3 Å². The molecule has 2 rings (SSSR count). The molecule has 0 N–H and O–H groups in total. The Morgan fingerprint density at radius 2 is 1.78 bits per heavy atom. The maximum absolute atomic E-state index is 11.3. The molecular weight excluding hydrogens is 240 g/mol. The largest absolute Gasteiger partial charge is 0.299 e. The van der Waals surface area contributed by atoms with Crippen molar-refractivity contribution in [2.45, 2.75) is 71.1 Å². The zero-order valence-corrected chi connectivity index (χ0v) is 12.4. The van der Waals surface area contributed by atoms with E-state index >= 15 is 0 Å². The van der Waals surface area contributed by atoms with E-state index in [2.05, 4.69) is 6.92 Å². The van der Waals surface area contributed by atoms with E-state index < -0.39 is 0 Å². The molecule has 0 radical (unpaired) electrons. The molecule has 18 heavy (non-hydrogen) atoms. The van der Waals surface area contributed by atoms with Crippen LogP contribution in [0.5, 0.6) is 0 Å². The summed E-state index contributed by atoms with van der Waals surface area (Å²) >= 11 is 1.66. The van der Waals surface area contributed by atoms with Gasteiger partial charge in [0.25, 0.3) is 0 Å². The van der Waals surface area contributed by atoms with E-state index in [9.17, 15) is 4.79 Å². The maximum atomic E-state index is 11.3. The van der Waals surface area contributed by atoms with Crippen LogP contribution in [0.1, 0.15) is 69.6 Å². The van der Waals surface area contributed by atoms with Gasteiger partial charge in [0, 0.05) is 17.7 Å². The number of unbranched alkanes of at least 4 members (excludes halogenated alkanes) is 1. The Bertz CT molecular complexity index is 287. The molecule has 1 aliphatic carbocycles. The normalized spacial score (nSPS) is 14.7. The molecule has 0 bridgehead atoms. The minimum Gasteiger partial charge on any atom is -0.299 e. The molecule has 1 nitrogen and oxygen atoms in total. The Hall–Kier alpha value is -0.630. The summed E-state index contributed by atoms with van der Waals surface area (Å²) in [5, 5.41) is 2.02. The first kappa shape index (κ1) is 15.4. The van der Waals surface area contributed by atoms with Crippen LogP contribution in [0.2, 0.25) is 0 Å². The number of hydrogen-bond donors (Lipinski definition) is 0. The van der Waals surface area contributed by atoms with Gasteiger partial charge in [0.15, 0.2) is 0 Å². The van der Waals surface area contributed by atoms with Crippen LogP contribution in [0.25, 0.3) is 0 Å². The number of carbonyl (C=O) groups excluding carboxylic acids is 1. The quantitative estimate of drug-likeness (QED) is 0.698. The van der Waals surface area contributed by atoms with E-state index in [4.69, 9.17) is 0 Å². The molecule has 1 heterocycles. The minimum atomic E-state index is 0.374. The topological polar surface area (TPSA) is 17.1 Å². The molecule has 1 fully saturated rings. The Morgan fingerprint density at radius 1 is 1.17 bits per heavy atom. The summed E-state index contributed by atoms with van der Waals surface area (Å²) in [6.45, 7) is 2.11. The molecule has 102 valence electrons. The number of carbonyl (C=O) groups is 1. The lowest BCUT2D eigenvalue weighted by Gasteiger charge is -2.05. The molecule has 0 atom stereocenters. The monoisotopic (exact) mass is 266 g/mol. The van der Waals surface area contributed by atoms with E-state index in [1.165, 1.54) is 43.4 Å². The Balaban J connectivity index is 0.000000225. The fraction of sp³-hybridized carbons (Fsp3) is 0.688. The van der Waals surface area contributed by atoms with Crippen molar-refractivity contribution in [3.63, 3.8) is 0 Å². The van der Waals surface area contributed by atoms with Crippen molar-refractivity contribution in [2.24, 2.45) is 0 Å². The zero-order chi connectivity index (χ0) is 13.1. The fourth-order valence-electron chi connectivity index (χ4n) is 2.13. The molecule has 1 aromatic heterocycles. The lowest BCUT2D eigenvalue weighted by Crippen LogP contribution is -2.00. The summed E-state index contributed by atoms with van der Waals surface area (Å²) in [4.78, 5) is 12.5. The van der Waals surface area contributed by atoms with Gasteiger partial charge in [0.1, 0.15) is 5.78 Å². The Morgan fingerprint density at radius 3 is 2.22 bits per heavy atom. The van der Waals surface area contributed by atoms with E-state index in [0.29, 0.717) is 12.2 Å². The predicted octanol–water partition coefficient (Wildman–Crippen LogP) is 5.39. The third-order valence-electron chi connectivity index (χ3n) is 3.26. The van der Waals surface area contributed by atoms with E-state index in [1.54, 1.807) is 11.3 Å². The summed E-state index contributed by atoms with van der Waals surface area (Å²) in [6.07, 6.45) is 12.5. The van der Waals surface area contributed by atoms with Crippen LogP contribution >= 0.6 is 11.3 Å². The predicted molar refractivity (Wildman–Crippen MR) is 80.3 cm³/mol. The maximum Gasteiger partial charge on any atom is 0.138 e. The van der Waals surface area contributed by atoms with Crippen LogP contribution in [-0.2, 0) is 11.2 Å². The van der Waals surface area contributed by atoms with Gasteiger partial charge >= 0.3 is 0 Å². The summed E-state index contributed by atoms with van der Waals surface area (Å²) in [7, 11) is 0. The van der Waals surface area contributed by atoms with E-state index in [-0.39, 0.29) is 0 Å². The number of rotatable bonds is 5. The Kier molecular flexibility index (Phi) is 8.83. The highest BCUT2D eigenvalue weighted by molar-refractivity contribution is 7.10. The molecule has 0 saturated heterocycles. The molecule has 1 aromatic rings. The molecule has 0 unspecified atom stereocenters. The highest BCUT2D eigenvalue weighted by Crippen LogP contribution is 2.15. The van der Waals surface area contributed by atoms with Gasteiger partial charge in [0.05, 0.1) is 0 Å². The third kappa shape index (κ3) is 7.65. The lowest BCUT2D eigenvalue weighted by atomic mass is 10.0. The highest BCUT2D eigenvalue weighted by Gasteiger charge is 2.02. The zero-order valence-electron chi connectivity index (χ0n) is 11.6. The second-order valence-electron chi connectivity index (χ2n) is 5.02. The summed E-state index contributed by atoms with van der Waals surface area (Å²) in [5.74, 6) is 0.374. The van der Waals surface area contributed by atoms with Crippen molar-refractivity contribution in [2.75, 3.05) is 0 Å². The first-order valence-corrected chi connectivity index (χ1v) is 8.25. The average Bonchev–Trinajstić information content (AvgIpc) is 2.92.